The molecule has 636 valence electrons. The number of rotatable bonds is 14. The second-order valence-electron chi connectivity index (χ2n) is 35.4. The Morgan fingerprint density at radius 1 is 0.147 bits per heavy atom. The normalized spacial score (nSPS) is 11.8. The molecule has 0 aliphatic carbocycles. The lowest BCUT2D eigenvalue weighted by Crippen LogP contribution is -2.11. The van der Waals surface area contributed by atoms with Crippen LogP contribution >= 0.6 is 0 Å². The molecular weight excluding hydrogens is 1650 g/mol. The Kier molecular flexibility index (Phi) is 18.2. The van der Waals surface area contributed by atoms with Crippen LogP contribution in [0.1, 0.15) is 0 Å². The van der Waals surface area contributed by atoms with Crippen molar-refractivity contribution in [3.63, 3.8) is 0 Å². The van der Waals surface area contributed by atoms with Gasteiger partial charge in [-0.25, -0.2) is 0 Å². The van der Waals surface area contributed by atoms with Crippen LogP contribution in [0.5, 0.6) is 0 Å². The third kappa shape index (κ3) is 12.9. The van der Waals surface area contributed by atoms with Gasteiger partial charge in [-0.2, -0.15) is 0 Å². The molecule has 8 heteroatoms. The van der Waals surface area contributed by atoms with Crippen molar-refractivity contribution in [2.75, 3.05) is 9.80 Å². The average Bonchev–Trinajstić information content (AvgIpc) is 1.61. The van der Waals surface area contributed by atoms with Crippen LogP contribution in [0.15, 0.2) is 506 Å². The summed E-state index contributed by atoms with van der Waals surface area (Å²) >= 11 is 0. The number of furan rings is 2. The molecule has 0 bridgehead atoms. The number of hydrogen-bond acceptors (Lipinski definition) is 4. The monoisotopic (exact) mass is 1730 g/mol. The summed E-state index contributed by atoms with van der Waals surface area (Å²) in [5, 5.41) is 19.2. The molecule has 22 aromatic carbocycles. The third-order valence-electron chi connectivity index (χ3n) is 27.8. The van der Waals surface area contributed by atoms with Gasteiger partial charge in [-0.05, 0) is 261 Å². The van der Waals surface area contributed by atoms with E-state index >= 15 is 0 Å². The zero-order valence-electron chi connectivity index (χ0n) is 73.8. The Morgan fingerprint density at radius 2 is 0.441 bits per heavy atom. The van der Waals surface area contributed by atoms with E-state index in [0.717, 1.165) is 129 Å². The predicted molar refractivity (Wildman–Crippen MR) is 571 cm³/mol. The number of hydrogen-bond donors (Lipinski definition) is 0. The molecule has 8 nitrogen and oxygen atoms in total. The summed E-state index contributed by atoms with van der Waals surface area (Å²) in [6, 6.07) is 180. The fourth-order valence-corrected chi connectivity index (χ4v) is 21.5. The standard InChI is InChI=1S/2C64H41N3O/c1-2-12-48(13-3-1)66-59-18-8-6-16-55(59)56-36-28-47(41-62(56)66)43-24-32-50(33-25-43)65(49-30-22-42(23-31-49)46-29-37-64-58(40-46)57-17-7-11-21-63(57)68-64)51-34-26-45-39-52(35-27-44(45)38-51)67-60-19-9-4-14-53(60)54-15-5-10-20-61(54)67;1-2-14-45(15-3-1)67-60-24-12-8-20-54(60)55-36-28-44(41-62(55)67)49-37-38-61(51-17-5-4-16-50(49)51)65(46-30-26-42(27-31-46)43-29-39-64-57(40-43)56-21-9-13-25-63(56)68-64)47-32-34-48(35-33-47)66-58-22-10-6-18-52(58)53-19-7-11-23-59(53)66/h2*1-41H. The van der Waals surface area contributed by atoms with Crippen LogP contribution in [0.25, 0.3) is 220 Å². The van der Waals surface area contributed by atoms with Gasteiger partial charge in [-0.1, -0.05) is 297 Å². The zero-order valence-corrected chi connectivity index (χ0v) is 73.8. The maximum absolute atomic E-state index is 6.18. The molecule has 0 N–H and O–H groups in total. The highest BCUT2D eigenvalue weighted by atomic mass is 16.3. The summed E-state index contributed by atoms with van der Waals surface area (Å²) in [4.78, 5) is 4.78. The second-order valence-corrected chi connectivity index (χ2v) is 35.4. The average molecular weight is 1740 g/mol. The summed E-state index contributed by atoms with van der Waals surface area (Å²) in [5.41, 5.74) is 33.6. The topological polar surface area (TPSA) is 52.5 Å². The molecule has 28 rings (SSSR count). The van der Waals surface area contributed by atoms with E-state index in [1.54, 1.807) is 0 Å². The minimum Gasteiger partial charge on any atom is -0.456 e. The fourth-order valence-electron chi connectivity index (χ4n) is 21.5. The first-order chi connectivity index (χ1) is 67.4. The van der Waals surface area contributed by atoms with E-state index in [1.807, 2.05) is 24.3 Å². The van der Waals surface area contributed by atoms with Crippen LogP contribution in [0.3, 0.4) is 0 Å². The van der Waals surface area contributed by atoms with E-state index in [-0.39, 0.29) is 0 Å². The molecule has 6 aromatic heterocycles. The smallest absolute Gasteiger partial charge is 0.135 e. The highest BCUT2D eigenvalue weighted by Crippen LogP contribution is 2.48. The van der Waals surface area contributed by atoms with Crippen molar-refractivity contribution >= 4 is 187 Å². The number of aromatic nitrogens is 4. The minimum atomic E-state index is 0.899. The summed E-state index contributed by atoms with van der Waals surface area (Å²) in [5.74, 6) is 0. The highest BCUT2D eigenvalue weighted by molar-refractivity contribution is 6.16. The second kappa shape index (κ2) is 31.8. The lowest BCUT2D eigenvalue weighted by atomic mass is 9.95. The molecule has 0 aliphatic heterocycles. The van der Waals surface area contributed by atoms with Gasteiger partial charge in [0.1, 0.15) is 22.3 Å². The lowest BCUT2D eigenvalue weighted by Gasteiger charge is -2.28. The Balaban J connectivity index is 0.000000138. The van der Waals surface area contributed by atoms with Crippen molar-refractivity contribution in [1.82, 2.24) is 18.3 Å². The number of anilines is 6. The molecule has 0 atom stereocenters. The van der Waals surface area contributed by atoms with Gasteiger partial charge < -0.3 is 36.9 Å². The number of nitrogens with zero attached hydrogens (tertiary/aromatic N) is 6. The quantitative estimate of drug-likeness (QED) is 0.109. The van der Waals surface area contributed by atoms with Crippen LogP contribution in [0, 0.1) is 0 Å². The van der Waals surface area contributed by atoms with Crippen molar-refractivity contribution in [2.45, 2.75) is 0 Å². The van der Waals surface area contributed by atoms with Crippen LogP contribution in [0.2, 0.25) is 0 Å². The molecule has 6 heterocycles. The van der Waals surface area contributed by atoms with Gasteiger partial charge in [-0.15, -0.1) is 0 Å². The van der Waals surface area contributed by atoms with E-state index in [1.165, 1.54) is 125 Å². The molecule has 0 amide bonds. The minimum absolute atomic E-state index is 0.899. The molecule has 0 saturated heterocycles. The van der Waals surface area contributed by atoms with Gasteiger partial charge in [0, 0.05) is 121 Å². The maximum atomic E-state index is 6.18. The van der Waals surface area contributed by atoms with Crippen molar-refractivity contribution in [3.05, 3.63) is 497 Å². The van der Waals surface area contributed by atoms with Crippen molar-refractivity contribution < 1.29 is 8.83 Å². The summed E-state index contributed by atoms with van der Waals surface area (Å²) in [6.45, 7) is 0. The predicted octanol–water partition coefficient (Wildman–Crippen LogP) is 35.5. The summed E-state index contributed by atoms with van der Waals surface area (Å²) < 4.78 is 21.9. The molecule has 0 fully saturated rings. The van der Waals surface area contributed by atoms with Crippen LogP contribution in [-0.4, -0.2) is 18.3 Å². The first-order valence-electron chi connectivity index (χ1n) is 46.5. The number of para-hydroxylation sites is 10. The van der Waals surface area contributed by atoms with Gasteiger partial charge in [-0.3, -0.25) is 0 Å². The van der Waals surface area contributed by atoms with Crippen molar-refractivity contribution in [3.8, 4) is 67.3 Å². The molecule has 28 aromatic rings. The lowest BCUT2D eigenvalue weighted by molar-refractivity contribution is 0.668. The first-order valence-corrected chi connectivity index (χ1v) is 46.5. The van der Waals surface area contributed by atoms with E-state index < -0.39 is 0 Å². The van der Waals surface area contributed by atoms with E-state index in [4.69, 9.17) is 8.83 Å². The van der Waals surface area contributed by atoms with Gasteiger partial charge >= 0.3 is 0 Å². The number of benzene rings is 22. The third-order valence-corrected chi connectivity index (χ3v) is 27.8. The Bertz CT molecular complexity index is 9510. The molecule has 136 heavy (non-hydrogen) atoms. The van der Waals surface area contributed by atoms with E-state index in [0.29, 0.717) is 0 Å². The van der Waals surface area contributed by atoms with Gasteiger partial charge in [0.25, 0.3) is 0 Å². The summed E-state index contributed by atoms with van der Waals surface area (Å²) in [7, 11) is 0. The fraction of sp³-hybridized carbons (Fsp3) is 0. The van der Waals surface area contributed by atoms with E-state index in [9.17, 15) is 0 Å². The Hall–Kier alpha value is -18.2. The molecule has 0 saturated carbocycles. The Labute approximate surface area is 783 Å². The molecule has 0 spiro atoms. The highest BCUT2D eigenvalue weighted by Gasteiger charge is 2.25. The summed E-state index contributed by atoms with van der Waals surface area (Å²) in [6.07, 6.45) is 0. The zero-order chi connectivity index (χ0) is 89.4. The molecule has 0 unspecified atom stereocenters. The maximum Gasteiger partial charge on any atom is 0.135 e. The van der Waals surface area contributed by atoms with Crippen LogP contribution in [0.4, 0.5) is 34.1 Å². The first kappa shape index (κ1) is 77.7. The van der Waals surface area contributed by atoms with Gasteiger partial charge in [0.05, 0.1) is 49.8 Å². The van der Waals surface area contributed by atoms with Crippen LogP contribution in [-0.2, 0) is 0 Å². The van der Waals surface area contributed by atoms with E-state index in [2.05, 4.69) is 501 Å². The Morgan fingerprint density at radius 3 is 0.897 bits per heavy atom. The van der Waals surface area contributed by atoms with Crippen molar-refractivity contribution in [1.29, 1.82) is 0 Å². The van der Waals surface area contributed by atoms with Crippen molar-refractivity contribution in [2.24, 2.45) is 0 Å². The van der Waals surface area contributed by atoms with Gasteiger partial charge in [0.15, 0.2) is 0 Å². The number of fused-ring (bicyclic) bond motifs is 20. The largest absolute Gasteiger partial charge is 0.456 e. The molecular formula is C128H82N6O2. The SMILES string of the molecule is c1ccc(-n2c3ccccc3c3ccc(-c4ccc(N(c5ccc(-c6ccc7oc8ccccc8c7c6)cc5)c5ccc(-n6c7ccccc7c7ccccc76)cc5)c5ccccc45)cc32)cc1.c1ccc(-n2c3ccccc3c3ccc(-c4ccc(N(c5ccc(-c6ccc7oc8ccccc8c7c6)cc5)c5ccc6cc(-n7c8ccccc8c8ccccc87)ccc6c5)cc4)cc32)cc1. The molecule has 0 radical (unpaired) electrons. The van der Waals surface area contributed by atoms with Gasteiger partial charge in [0.2, 0.25) is 0 Å². The molecule has 0 aliphatic rings. The van der Waals surface area contributed by atoms with Crippen LogP contribution < -0.4 is 9.80 Å².